The number of ether oxygens (including phenoxy) is 1. The Morgan fingerprint density at radius 3 is 2.71 bits per heavy atom. The number of fused-ring (bicyclic) bond motifs is 1. The quantitative estimate of drug-likeness (QED) is 0.493. The van der Waals surface area contributed by atoms with Crippen molar-refractivity contribution >= 4 is 16.9 Å². The van der Waals surface area contributed by atoms with Crippen LogP contribution in [0.5, 0.6) is 5.75 Å². The summed E-state index contributed by atoms with van der Waals surface area (Å²) in [5.41, 5.74) is 4.03. The molecule has 4 aromatic rings. The van der Waals surface area contributed by atoms with Crippen molar-refractivity contribution in [2.75, 3.05) is 13.1 Å². The molecule has 0 saturated carbocycles. The molecule has 1 amide bonds. The van der Waals surface area contributed by atoms with Crippen LogP contribution in [0.2, 0.25) is 0 Å². The highest BCUT2D eigenvalue weighted by molar-refractivity contribution is 5.94. The van der Waals surface area contributed by atoms with E-state index in [1.807, 2.05) is 71.8 Å². The molecule has 5 rings (SSSR count). The van der Waals surface area contributed by atoms with E-state index in [2.05, 4.69) is 22.2 Å². The third-order valence-electron chi connectivity index (χ3n) is 6.03. The maximum atomic E-state index is 13.1. The lowest BCUT2D eigenvalue weighted by atomic mass is 9.89. The fourth-order valence-corrected chi connectivity index (χ4v) is 4.35. The average molecular weight is 412 g/mol. The first kappa shape index (κ1) is 19.4. The summed E-state index contributed by atoms with van der Waals surface area (Å²) in [6.07, 6.45) is 5.80. The van der Waals surface area contributed by atoms with E-state index in [1.54, 1.807) is 0 Å². The highest BCUT2D eigenvalue weighted by atomic mass is 16.5. The maximum absolute atomic E-state index is 13.1. The van der Waals surface area contributed by atoms with Crippen LogP contribution >= 0.6 is 0 Å². The number of nitrogens with one attached hydrogen (secondary N) is 1. The Labute approximate surface area is 181 Å². The molecule has 0 unspecified atom stereocenters. The zero-order valence-corrected chi connectivity index (χ0v) is 17.3. The van der Waals surface area contributed by atoms with Crippen LogP contribution in [0, 0.1) is 0 Å². The van der Waals surface area contributed by atoms with Crippen LogP contribution in [0.4, 0.5) is 0 Å². The van der Waals surface area contributed by atoms with Gasteiger partial charge in [-0.2, -0.15) is 0 Å². The minimum atomic E-state index is 0.0733. The molecule has 1 saturated heterocycles. The molecule has 5 heteroatoms. The summed E-state index contributed by atoms with van der Waals surface area (Å²) in [4.78, 5) is 22.7. The predicted molar refractivity (Wildman–Crippen MR) is 121 cm³/mol. The van der Waals surface area contributed by atoms with Crippen molar-refractivity contribution in [2.45, 2.75) is 25.4 Å². The van der Waals surface area contributed by atoms with Gasteiger partial charge in [0.05, 0.1) is 0 Å². The number of aromatic amines is 1. The first-order valence-electron chi connectivity index (χ1n) is 10.8. The van der Waals surface area contributed by atoms with Gasteiger partial charge in [-0.05, 0) is 60.2 Å². The molecule has 1 fully saturated rings. The van der Waals surface area contributed by atoms with Crippen molar-refractivity contribution < 1.29 is 9.53 Å². The van der Waals surface area contributed by atoms with Crippen molar-refractivity contribution in [3.8, 4) is 5.75 Å². The number of hydrogen-bond donors (Lipinski definition) is 1. The molecule has 0 bridgehead atoms. The van der Waals surface area contributed by atoms with Gasteiger partial charge in [-0.15, -0.1) is 0 Å². The Kier molecular flexibility index (Phi) is 5.40. The third kappa shape index (κ3) is 4.17. The Morgan fingerprint density at radius 2 is 1.87 bits per heavy atom. The van der Waals surface area contributed by atoms with E-state index in [4.69, 9.17) is 4.74 Å². The molecular weight excluding hydrogens is 386 g/mol. The summed E-state index contributed by atoms with van der Waals surface area (Å²) in [6.45, 7) is 2.00. The molecule has 0 aliphatic carbocycles. The second kappa shape index (κ2) is 8.64. The van der Waals surface area contributed by atoms with E-state index in [0.29, 0.717) is 18.1 Å². The number of hydrogen-bond acceptors (Lipinski definition) is 3. The summed E-state index contributed by atoms with van der Waals surface area (Å²) < 4.78 is 5.90. The SMILES string of the molecule is O=C(c1cccc(OCc2ccccc2)c1)N1CCC(c2c[nH]c3ncccc23)CC1. The third-order valence-corrected chi connectivity index (χ3v) is 6.03. The number of pyridine rings is 1. The van der Waals surface area contributed by atoms with Crippen molar-refractivity contribution in [2.24, 2.45) is 0 Å². The second-order valence-corrected chi connectivity index (χ2v) is 8.01. The van der Waals surface area contributed by atoms with Gasteiger partial charge < -0.3 is 14.6 Å². The van der Waals surface area contributed by atoms with Gasteiger partial charge in [0.25, 0.3) is 5.91 Å². The predicted octanol–water partition coefficient (Wildman–Crippen LogP) is 5.16. The van der Waals surface area contributed by atoms with Crippen LogP contribution in [-0.2, 0) is 6.61 Å². The minimum absolute atomic E-state index is 0.0733. The molecule has 0 radical (unpaired) electrons. The number of carbonyl (C=O) groups is 1. The van der Waals surface area contributed by atoms with Crippen LogP contribution in [0.25, 0.3) is 11.0 Å². The molecule has 156 valence electrons. The summed E-state index contributed by atoms with van der Waals surface area (Å²) >= 11 is 0. The van der Waals surface area contributed by atoms with E-state index < -0.39 is 0 Å². The molecule has 1 aliphatic heterocycles. The maximum Gasteiger partial charge on any atom is 0.253 e. The highest BCUT2D eigenvalue weighted by Crippen LogP contribution is 2.33. The standard InChI is InChI=1S/C26H25N3O2/c30-26(21-8-4-9-22(16-21)31-18-19-6-2-1-3-7-19)29-14-11-20(12-15-29)24-17-28-25-23(24)10-5-13-27-25/h1-10,13,16-17,20H,11-12,14-15,18H2,(H,27,28). The van der Waals surface area contributed by atoms with Gasteiger partial charge in [0.1, 0.15) is 18.0 Å². The lowest BCUT2D eigenvalue weighted by molar-refractivity contribution is 0.0713. The van der Waals surface area contributed by atoms with Crippen molar-refractivity contribution in [1.29, 1.82) is 0 Å². The smallest absolute Gasteiger partial charge is 0.253 e. The molecule has 31 heavy (non-hydrogen) atoms. The fourth-order valence-electron chi connectivity index (χ4n) is 4.35. The van der Waals surface area contributed by atoms with Crippen molar-refractivity contribution in [1.82, 2.24) is 14.9 Å². The van der Waals surface area contributed by atoms with E-state index in [1.165, 1.54) is 10.9 Å². The van der Waals surface area contributed by atoms with Gasteiger partial charge in [0, 0.05) is 36.4 Å². The van der Waals surface area contributed by atoms with Crippen molar-refractivity contribution in [3.05, 3.63) is 95.8 Å². The molecule has 2 aromatic heterocycles. The lowest BCUT2D eigenvalue weighted by Crippen LogP contribution is -2.37. The minimum Gasteiger partial charge on any atom is -0.489 e. The topological polar surface area (TPSA) is 58.2 Å². The van der Waals surface area contributed by atoms with Gasteiger partial charge in [-0.25, -0.2) is 4.98 Å². The second-order valence-electron chi connectivity index (χ2n) is 8.01. The Hall–Kier alpha value is -3.60. The fraction of sp³-hybridized carbons (Fsp3) is 0.231. The summed E-state index contributed by atoms with van der Waals surface area (Å²) in [5.74, 6) is 1.24. The number of nitrogens with zero attached hydrogens (tertiary/aromatic N) is 2. The Morgan fingerprint density at radius 1 is 1.03 bits per heavy atom. The number of benzene rings is 2. The van der Waals surface area contributed by atoms with Crippen molar-refractivity contribution in [3.63, 3.8) is 0 Å². The summed E-state index contributed by atoms with van der Waals surface area (Å²) in [7, 11) is 0. The van der Waals surface area contributed by atoms with Crippen LogP contribution in [0.3, 0.4) is 0 Å². The van der Waals surface area contributed by atoms with Crippen LogP contribution in [0.15, 0.2) is 79.1 Å². The van der Waals surface area contributed by atoms with Crippen LogP contribution < -0.4 is 4.74 Å². The number of carbonyl (C=O) groups excluding carboxylic acids is 1. The van der Waals surface area contributed by atoms with Gasteiger partial charge >= 0.3 is 0 Å². The molecule has 5 nitrogen and oxygen atoms in total. The summed E-state index contributed by atoms with van der Waals surface area (Å²) in [5, 5.41) is 1.19. The summed E-state index contributed by atoms with van der Waals surface area (Å²) in [6, 6.07) is 21.6. The normalized spacial score (nSPS) is 14.6. The molecular formula is C26H25N3O2. The molecule has 3 heterocycles. The number of piperidine rings is 1. The first-order chi connectivity index (χ1) is 15.3. The van der Waals surface area contributed by atoms with Crippen LogP contribution in [0.1, 0.15) is 40.2 Å². The Balaban J connectivity index is 1.22. The largest absolute Gasteiger partial charge is 0.489 e. The number of likely N-dealkylation sites (tertiary alicyclic amines) is 1. The number of aromatic nitrogens is 2. The molecule has 2 aromatic carbocycles. The number of amides is 1. The van der Waals surface area contributed by atoms with E-state index in [0.717, 1.165) is 42.9 Å². The van der Waals surface area contributed by atoms with E-state index >= 15 is 0 Å². The zero-order chi connectivity index (χ0) is 21.0. The van der Waals surface area contributed by atoms with Gasteiger partial charge in [0.2, 0.25) is 0 Å². The monoisotopic (exact) mass is 411 g/mol. The Bertz CT molecular complexity index is 1180. The highest BCUT2D eigenvalue weighted by Gasteiger charge is 2.26. The zero-order valence-electron chi connectivity index (χ0n) is 17.3. The number of H-pyrrole nitrogens is 1. The molecule has 1 N–H and O–H groups in total. The van der Waals surface area contributed by atoms with Gasteiger partial charge in [-0.3, -0.25) is 4.79 Å². The van der Waals surface area contributed by atoms with Crippen LogP contribution in [-0.4, -0.2) is 33.9 Å². The lowest BCUT2D eigenvalue weighted by Gasteiger charge is -2.32. The van der Waals surface area contributed by atoms with Gasteiger partial charge in [0.15, 0.2) is 0 Å². The van der Waals surface area contributed by atoms with E-state index in [9.17, 15) is 4.79 Å². The first-order valence-corrected chi connectivity index (χ1v) is 10.8. The number of rotatable bonds is 5. The average Bonchev–Trinajstić information content (AvgIpc) is 3.27. The molecule has 0 spiro atoms. The van der Waals surface area contributed by atoms with Gasteiger partial charge in [-0.1, -0.05) is 36.4 Å². The molecule has 0 atom stereocenters. The molecule has 1 aliphatic rings. The van der Waals surface area contributed by atoms with E-state index in [-0.39, 0.29) is 5.91 Å².